The maximum Gasteiger partial charge on any atom is 0.193 e. The summed E-state index contributed by atoms with van der Waals surface area (Å²) in [6, 6.07) is 16.3. The number of carbonyl (C=O) groups excluding carboxylic acids is 1. The zero-order chi connectivity index (χ0) is 14.2. The molecule has 0 aromatic heterocycles. The zero-order valence-electron chi connectivity index (χ0n) is 12.0. The fourth-order valence-electron chi connectivity index (χ4n) is 3.84. The minimum absolute atomic E-state index is 0.178. The largest absolute Gasteiger partial charge is 0.289 e. The minimum atomic E-state index is 0.178. The van der Waals surface area contributed by atoms with E-state index in [1.807, 2.05) is 24.3 Å². The van der Waals surface area contributed by atoms with Crippen LogP contribution >= 0.6 is 0 Å². The molecule has 0 aliphatic heterocycles. The van der Waals surface area contributed by atoms with E-state index in [9.17, 15) is 4.79 Å². The summed E-state index contributed by atoms with van der Waals surface area (Å²) in [6.07, 6.45) is 8.30. The van der Waals surface area contributed by atoms with E-state index < -0.39 is 0 Å². The number of hydrogen-bond donors (Lipinski definition) is 0. The molecule has 104 valence electrons. The molecule has 1 heteroatoms. The summed E-state index contributed by atoms with van der Waals surface area (Å²) in [4.78, 5) is 12.7. The molecule has 0 amide bonds. The first kappa shape index (κ1) is 12.6. The topological polar surface area (TPSA) is 17.1 Å². The lowest BCUT2D eigenvalue weighted by Crippen LogP contribution is -2.24. The summed E-state index contributed by atoms with van der Waals surface area (Å²) >= 11 is 0. The van der Waals surface area contributed by atoms with E-state index in [1.54, 1.807) is 0 Å². The predicted octanol–water partition coefficient (Wildman–Crippen LogP) is 4.72. The Hall–Kier alpha value is -2.15. The van der Waals surface area contributed by atoms with Gasteiger partial charge in [-0.3, -0.25) is 4.79 Å². The van der Waals surface area contributed by atoms with Crippen molar-refractivity contribution in [1.29, 1.82) is 0 Å². The molecule has 2 aliphatic carbocycles. The Morgan fingerprint density at radius 2 is 1.48 bits per heavy atom. The van der Waals surface area contributed by atoms with Crippen molar-refractivity contribution < 1.29 is 4.79 Å². The second-order valence-electron chi connectivity index (χ2n) is 6.00. The van der Waals surface area contributed by atoms with Crippen LogP contribution in [-0.4, -0.2) is 5.78 Å². The number of carbonyl (C=O) groups is 1. The molecule has 0 saturated carbocycles. The van der Waals surface area contributed by atoms with Gasteiger partial charge in [0.1, 0.15) is 0 Å². The van der Waals surface area contributed by atoms with E-state index in [0.717, 1.165) is 11.1 Å². The van der Waals surface area contributed by atoms with Gasteiger partial charge in [0, 0.05) is 17.0 Å². The van der Waals surface area contributed by atoms with Crippen LogP contribution in [0.3, 0.4) is 0 Å². The van der Waals surface area contributed by atoms with Gasteiger partial charge in [0.15, 0.2) is 5.78 Å². The van der Waals surface area contributed by atoms with Gasteiger partial charge in [-0.2, -0.15) is 0 Å². The molecule has 0 bridgehead atoms. The highest BCUT2D eigenvalue weighted by atomic mass is 16.1. The van der Waals surface area contributed by atoms with Gasteiger partial charge in [0.25, 0.3) is 0 Å². The fourth-order valence-corrected chi connectivity index (χ4v) is 3.84. The Bertz CT molecular complexity index is 677. The second-order valence-corrected chi connectivity index (χ2v) is 6.00. The molecule has 0 spiro atoms. The summed E-state index contributed by atoms with van der Waals surface area (Å²) in [5.74, 6) is 1.01. The summed E-state index contributed by atoms with van der Waals surface area (Å²) in [5, 5.41) is 0. The van der Waals surface area contributed by atoms with Crippen LogP contribution in [0.5, 0.6) is 0 Å². The minimum Gasteiger partial charge on any atom is -0.289 e. The molecule has 2 aliphatic rings. The quantitative estimate of drug-likeness (QED) is 0.688. The third kappa shape index (κ3) is 1.96. The molecular weight excluding hydrogens is 256 g/mol. The van der Waals surface area contributed by atoms with Crippen molar-refractivity contribution in [1.82, 2.24) is 0 Å². The molecule has 1 unspecified atom stereocenters. The lowest BCUT2D eigenvalue weighted by atomic mass is 9.69. The van der Waals surface area contributed by atoms with Crippen molar-refractivity contribution in [2.24, 2.45) is 5.92 Å². The monoisotopic (exact) mass is 274 g/mol. The molecule has 0 fully saturated rings. The van der Waals surface area contributed by atoms with E-state index in [4.69, 9.17) is 0 Å². The van der Waals surface area contributed by atoms with Crippen molar-refractivity contribution in [2.45, 2.75) is 25.2 Å². The number of rotatable bonds is 1. The van der Waals surface area contributed by atoms with Crippen molar-refractivity contribution in [3.8, 4) is 0 Å². The van der Waals surface area contributed by atoms with Gasteiger partial charge in [-0.05, 0) is 36.3 Å². The smallest absolute Gasteiger partial charge is 0.193 e. The first-order valence-electron chi connectivity index (χ1n) is 7.75. The van der Waals surface area contributed by atoms with Gasteiger partial charge in [0.05, 0.1) is 0 Å². The zero-order valence-corrected chi connectivity index (χ0v) is 12.0. The highest BCUT2D eigenvalue weighted by molar-refractivity contribution is 6.12. The molecule has 0 saturated heterocycles. The maximum absolute atomic E-state index is 12.7. The Morgan fingerprint density at radius 3 is 2.05 bits per heavy atom. The predicted molar refractivity (Wildman–Crippen MR) is 84.6 cm³/mol. The highest BCUT2D eigenvalue weighted by Crippen LogP contribution is 2.44. The second kappa shape index (κ2) is 5.00. The van der Waals surface area contributed by atoms with Crippen molar-refractivity contribution in [3.63, 3.8) is 0 Å². The van der Waals surface area contributed by atoms with Crippen LogP contribution in [0.1, 0.15) is 52.2 Å². The van der Waals surface area contributed by atoms with Crippen LogP contribution in [0.25, 0.3) is 0 Å². The molecule has 0 heterocycles. The van der Waals surface area contributed by atoms with E-state index in [-0.39, 0.29) is 5.78 Å². The third-order valence-electron chi connectivity index (χ3n) is 4.80. The van der Waals surface area contributed by atoms with Crippen molar-refractivity contribution in [2.75, 3.05) is 0 Å². The third-order valence-corrected chi connectivity index (χ3v) is 4.80. The average Bonchev–Trinajstić information content (AvgIpc) is 2.56. The summed E-state index contributed by atoms with van der Waals surface area (Å²) < 4.78 is 0. The lowest BCUT2D eigenvalue weighted by molar-refractivity contribution is 0.103. The standard InChI is InChI=1S/C20H18O/c21-20-17-12-6-4-10-15(17)19(14-8-2-1-3-9-14)16-11-5-7-13-18(16)20/h2,4-8,10-14,19H,1,3,9H2. The molecule has 0 radical (unpaired) electrons. The number of hydrogen-bond acceptors (Lipinski definition) is 1. The van der Waals surface area contributed by atoms with E-state index in [0.29, 0.717) is 11.8 Å². The summed E-state index contributed by atoms with van der Waals surface area (Å²) in [7, 11) is 0. The van der Waals surface area contributed by atoms with Crippen LogP contribution in [0.15, 0.2) is 60.7 Å². The molecule has 1 atom stereocenters. The van der Waals surface area contributed by atoms with Gasteiger partial charge in [-0.25, -0.2) is 0 Å². The molecule has 21 heavy (non-hydrogen) atoms. The molecular formula is C20H18O. The SMILES string of the molecule is O=C1c2ccccc2C(C2C=CCCC2)c2ccccc21. The van der Waals surface area contributed by atoms with Crippen LogP contribution in [0.2, 0.25) is 0 Å². The average molecular weight is 274 g/mol. The molecule has 0 N–H and O–H groups in total. The Kier molecular flexibility index (Phi) is 2.99. The van der Waals surface area contributed by atoms with Crippen LogP contribution in [0, 0.1) is 5.92 Å². The molecule has 4 rings (SSSR count). The Morgan fingerprint density at radius 1 is 0.857 bits per heavy atom. The fraction of sp³-hybridized carbons (Fsp3) is 0.250. The normalized spacial score (nSPS) is 21.0. The van der Waals surface area contributed by atoms with Gasteiger partial charge in [0.2, 0.25) is 0 Å². The van der Waals surface area contributed by atoms with Crippen LogP contribution in [0.4, 0.5) is 0 Å². The number of allylic oxidation sites excluding steroid dienone is 2. The number of fused-ring (bicyclic) bond motifs is 2. The number of benzene rings is 2. The first-order chi connectivity index (χ1) is 10.4. The van der Waals surface area contributed by atoms with Crippen LogP contribution in [-0.2, 0) is 0 Å². The lowest BCUT2D eigenvalue weighted by Gasteiger charge is -2.33. The number of ketones is 1. The Labute approximate surface area is 125 Å². The van der Waals surface area contributed by atoms with Crippen molar-refractivity contribution >= 4 is 5.78 Å². The molecule has 2 aromatic rings. The van der Waals surface area contributed by atoms with Crippen molar-refractivity contribution in [3.05, 3.63) is 82.9 Å². The van der Waals surface area contributed by atoms with E-state index >= 15 is 0 Å². The summed E-state index contributed by atoms with van der Waals surface area (Å²) in [6.45, 7) is 0. The molecule has 2 aromatic carbocycles. The first-order valence-corrected chi connectivity index (χ1v) is 7.75. The molecule has 1 nitrogen and oxygen atoms in total. The summed E-state index contributed by atoms with van der Waals surface area (Å²) in [5.41, 5.74) is 4.19. The van der Waals surface area contributed by atoms with Gasteiger partial charge in [-0.15, -0.1) is 0 Å². The van der Waals surface area contributed by atoms with Gasteiger partial charge >= 0.3 is 0 Å². The Balaban J connectivity index is 1.93. The maximum atomic E-state index is 12.7. The van der Waals surface area contributed by atoms with E-state index in [2.05, 4.69) is 36.4 Å². The van der Waals surface area contributed by atoms with Gasteiger partial charge in [-0.1, -0.05) is 60.7 Å². The van der Waals surface area contributed by atoms with Crippen LogP contribution < -0.4 is 0 Å². The van der Waals surface area contributed by atoms with Gasteiger partial charge < -0.3 is 0 Å². The van der Waals surface area contributed by atoms with E-state index in [1.165, 1.54) is 30.4 Å². The highest BCUT2D eigenvalue weighted by Gasteiger charge is 2.34.